The summed E-state index contributed by atoms with van der Waals surface area (Å²) in [4.78, 5) is 23.6. The molecule has 6 heteroatoms. The fourth-order valence-electron chi connectivity index (χ4n) is 2.69. The van der Waals surface area contributed by atoms with E-state index >= 15 is 0 Å². The zero-order chi connectivity index (χ0) is 10.3. The van der Waals surface area contributed by atoms with Crippen molar-refractivity contribution in [3.05, 3.63) is 33.1 Å². The molecule has 1 saturated heterocycles. The summed E-state index contributed by atoms with van der Waals surface area (Å²) in [6.45, 7) is 0. The highest BCUT2D eigenvalue weighted by atomic mass is 16.6. The van der Waals surface area contributed by atoms with Gasteiger partial charge in [-0.2, -0.15) is 0 Å². The maximum atomic E-state index is 11.8. The molecule has 4 aliphatic rings. The summed E-state index contributed by atoms with van der Waals surface area (Å²) in [6, 6.07) is -0.192. The van der Waals surface area contributed by atoms with Gasteiger partial charge in [0.25, 0.3) is 0 Å². The summed E-state index contributed by atoms with van der Waals surface area (Å²) < 4.78 is 9.64. The number of nitrogens with zero attached hydrogens (tertiary/aromatic N) is 3. The molecule has 0 N–H and O–H groups in total. The zero-order valence-corrected chi connectivity index (χ0v) is 8.03. The molecule has 2 bridgehead atoms. The monoisotopic (exact) mass is 207 g/mol. The van der Waals surface area contributed by atoms with Gasteiger partial charge >= 0.3 is 11.4 Å². The molecule has 4 atom stereocenters. The molecule has 0 spiro atoms. The van der Waals surface area contributed by atoms with E-state index in [1.165, 1.54) is 16.4 Å². The van der Waals surface area contributed by atoms with Crippen LogP contribution in [0.4, 0.5) is 0 Å². The highest BCUT2D eigenvalue weighted by Gasteiger charge is 2.58. The molecule has 78 valence electrons. The first-order chi connectivity index (χ1) is 7.20. The quantitative estimate of drug-likeness (QED) is 0.396. The van der Waals surface area contributed by atoms with Crippen molar-refractivity contribution in [1.82, 2.24) is 13.9 Å². The van der Waals surface area contributed by atoms with E-state index in [0.29, 0.717) is 0 Å². The van der Waals surface area contributed by atoms with Crippen LogP contribution in [0.2, 0.25) is 0 Å². The maximum absolute atomic E-state index is 11.8. The molecule has 0 radical (unpaired) electrons. The van der Waals surface area contributed by atoms with Gasteiger partial charge in [-0.25, -0.2) is 23.5 Å². The Morgan fingerprint density at radius 2 is 1.53 bits per heavy atom. The Hall–Kier alpha value is -1.56. The minimum absolute atomic E-state index is 0.0959. The summed E-state index contributed by atoms with van der Waals surface area (Å²) >= 11 is 0. The first kappa shape index (κ1) is 7.70. The summed E-state index contributed by atoms with van der Waals surface area (Å²) in [6.07, 6.45) is 4.11. The second-order valence-corrected chi connectivity index (χ2v) is 4.24. The number of ether oxygens (including phenoxy) is 1. The van der Waals surface area contributed by atoms with E-state index in [2.05, 4.69) is 0 Å². The molecular formula is C9H9N3O3. The minimum atomic E-state index is -0.256. The predicted octanol–water partition coefficient (Wildman–Crippen LogP) is -1.22. The zero-order valence-electron chi connectivity index (χ0n) is 8.03. The van der Waals surface area contributed by atoms with Crippen LogP contribution >= 0.6 is 0 Å². The molecule has 0 saturated carbocycles. The van der Waals surface area contributed by atoms with Crippen molar-refractivity contribution in [2.75, 3.05) is 0 Å². The molecular weight excluding hydrogens is 198 g/mol. The standard InChI is InChI=1S/C9H9N3O3/c1-10-8(13)11-4-2-3-5(7-6(4)15-7)12(11)9(10)14/h2-7H,1H3/t4-,5+,6+,7-. The third-order valence-electron chi connectivity index (χ3n) is 3.50. The van der Waals surface area contributed by atoms with E-state index in [0.717, 1.165) is 4.57 Å². The second kappa shape index (κ2) is 2.01. The molecule has 0 amide bonds. The van der Waals surface area contributed by atoms with Gasteiger partial charge in [0.15, 0.2) is 0 Å². The first-order valence-electron chi connectivity index (χ1n) is 4.94. The molecule has 5 rings (SSSR count). The molecule has 6 nitrogen and oxygen atoms in total. The molecule has 3 aliphatic heterocycles. The molecule has 0 aromatic carbocycles. The lowest BCUT2D eigenvalue weighted by Gasteiger charge is -2.29. The van der Waals surface area contributed by atoms with Crippen molar-refractivity contribution in [2.24, 2.45) is 7.05 Å². The van der Waals surface area contributed by atoms with E-state index < -0.39 is 0 Å². The Morgan fingerprint density at radius 3 is 2.00 bits per heavy atom. The van der Waals surface area contributed by atoms with Crippen LogP contribution in [0.15, 0.2) is 21.7 Å². The smallest absolute Gasteiger partial charge is 0.347 e. The number of hydrogen-bond acceptors (Lipinski definition) is 3. The van der Waals surface area contributed by atoms with Crippen LogP contribution in [0, 0.1) is 0 Å². The second-order valence-electron chi connectivity index (χ2n) is 4.24. The number of epoxide rings is 1. The SMILES string of the molecule is Cn1c(=O)n2n(c1=O)[C@H]1C=C[C@@H]2[C@@H]2O[C@@H]21. The van der Waals surface area contributed by atoms with Crippen molar-refractivity contribution in [3.8, 4) is 0 Å². The number of hydrogen-bond donors (Lipinski definition) is 0. The van der Waals surface area contributed by atoms with Crippen LogP contribution in [0.3, 0.4) is 0 Å². The lowest BCUT2D eigenvalue weighted by atomic mass is 9.96. The third-order valence-corrected chi connectivity index (χ3v) is 3.50. The molecule has 1 aromatic rings. The van der Waals surface area contributed by atoms with E-state index in [4.69, 9.17) is 4.74 Å². The van der Waals surface area contributed by atoms with E-state index in [1.54, 1.807) is 0 Å². The average molecular weight is 207 g/mol. The van der Waals surface area contributed by atoms with Crippen LogP contribution in [0.25, 0.3) is 0 Å². The lowest BCUT2D eigenvalue weighted by Crippen LogP contribution is -2.43. The average Bonchev–Trinajstić information content (AvgIpc) is 3.02. The Bertz CT molecular complexity index is 556. The Labute approximate surface area is 84.0 Å². The van der Waals surface area contributed by atoms with Crippen molar-refractivity contribution in [2.45, 2.75) is 24.3 Å². The van der Waals surface area contributed by atoms with Crippen LogP contribution in [-0.2, 0) is 11.8 Å². The number of aromatic nitrogens is 3. The first-order valence-corrected chi connectivity index (χ1v) is 4.94. The van der Waals surface area contributed by atoms with Crippen LogP contribution in [0.5, 0.6) is 0 Å². The summed E-state index contributed by atoms with van der Waals surface area (Å²) in [7, 11) is 1.51. The highest BCUT2D eigenvalue weighted by Crippen LogP contribution is 2.47. The van der Waals surface area contributed by atoms with Crippen LogP contribution in [0.1, 0.15) is 12.1 Å². The number of rotatable bonds is 0. The van der Waals surface area contributed by atoms with Gasteiger partial charge < -0.3 is 4.74 Å². The Kier molecular flexibility index (Phi) is 1.03. The topological polar surface area (TPSA) is 61.5 Å². The maximum Gasteiger partial charge on any atom is 0.347 e. The van der Waals surface area contributed by atoms with E-state index in [9.17, 15) is 9.59 Å². The third kappa shape index (κ3) is 0.657. The largest absolute Gasteiger partial charge is 0.364 e. The van der Waals surface area contributed by atoms with Gasteiger partial charge in [-0.1, -0.05) is 12.2 Å². The normalized spacial score (nSPS) is 39.0. The summed E-state index contributed by atoms with van der Waals surface area (Å²) in [5, 5.41) is 0. The van der Waals surface area contributed by atoms with Crippen molar-refractivity contribution >= 4 is 0 Å². The lowest BCUT2D eigenvalue weighted by molar-refractivity contribution is 0.297. The van der Waals surface area contributed by atoms with Gasteiger partial charge in [0, 0.05) is 7.05 Å². The van der Waals surface area contributed by atoms with Gasteiger partial charge in [0.2, 0.25) is 0 Å². The molecule has 1 aliphatic carbocycles. The van der Waals surface area contributed by atoms with Gasteiger partial charge in [0.1, 0.15) is 24.3 Å². The molecule has 1 fully saturated rings. The summed E-state index contributed by atoms with van der Waals surface area (Å²) in [5.41, 5.74) is -0.512. The van der Waals surface area contributed by atoms with Gasteiger partial charge in [-0.3, -0.25) is 0 Å². The summed E-state index contributed by atoms with van der Waals surface area (Å²) in [5.74, 6) is 0. The Morgan fingerprint density at radius 1 is 1.07 bits per heavy atom. The van der Waals surface area contributed by atoms with Crippen LogP contribution in [-0.4, -0.2) is 26.1 Å². The van der Waals surface area contributed by atoms with E-state index in [-0.39, 0.29) is 35.7 Å². The van der Waals surface area contributed by atoms with Crippen molar-refractivity contribution in [1.29, 1.82) is 0 Å². The minimum Gasteiger partial charge on any atom is -0.364 e. The van der Waals surface area contributed by atoms with Gasteiger partial charge in [0.05, 0.1) is 0 Å². The predicted molar refractivity (Wildman–Crippen MR) is 49.8 cm³/mol. The Balaban J connectivity index is 2.15. The van der Waals surface area contributed by atoms with Crippen molar-refractivity contribution in [3.63, 3.8) is 0 Å². The molecule has 1 aromatic heterocycles. The highest BCUT2D eigenvalue weighted by molar-refractivity contribution is 5.21. The fourth-order valence-corrected chi connectivity index (χ4v) is 2.69. The van der Waals surface area contributed by atoms with Crippen molar-refractivity contribution < 1.29 is 4.74 Å². The fraction of sp³-hybridized carbons (Fsp3) is 0.556. The van der Waals surface area contributed by atoms with Gasteiger partial charge in [-0.15, -0.1) is 0 Å². The molecule has 15 heavy (non-hydrogen) atoms. The van der Waals surface area contributed by atoms with Crippen LogP contribution < -0.4 is 11.4 Å². The van der Waals surface area contributed by atoms with E-state index in [1.807, 2.05) is 12.2 Å². The van der Waals surface area contributed by atoms with Gasteiger partial charge in [-0.05, 0) is 0 Å². The molecule has 4 heterocycles. The molecule has 0 unspecified atom stereocenters.